The van der Waals surface area contributed by atoms with Crippen LogP contribution in [-0.4, -0.2) is 40.7 Å². The van der Waals surface area contributed by atoms with Crippen molar-refractivity contribution in [2.45, 2.75) is 25.3 Å². The van der Waals surface area contributed by atoms with Crippen LogP contribution in [0.3, 0.4) is 0 Å². The molecular formula is C19H23N3O2. The van der Waals surface area contributed by atoms with Crippen molar-refractivity contribution >= 4 is 0 Å². The average molecular weight is 325 g/mol. The van der Waals surface area contributed by atoms with Crippen LogP contribution in [0, 0.1) is 5.92 Å². The standard InChI is InChI=1S/C19H23N3O2/c23-19-6-1-5-18-16-10-15(13-22(18)19)12-21(14-16)8-3-9-24-17-4-2-7-20-11-17/h1-2,4-7,11,15-16H,3,8-10,12-14H2/t15-,16+/m1/s1. The van der Waals surface area contributed by atoms with Crippen LogP contribution >= 0.6 is 0 Å². The van der Waals surface area contributed by atoms with Crippen molar-refractivity contribution in [1.29, 1.82) is 0 Å². The lowest BCUT2D eigenvalue weighted by Crippen LogP contribution is -2.47. The summed E-state index contributed by atoms with van der Waals surface area (Å²) in [6, 6.07) is 9.53. The third kappa shape index (κ3) is 3.22. The summed E-state index contributed by atoms with van der Waals surface area (Å²) in [5.74, 6) is 1.92. The third-order valence-electron chi connectivity index (χ3n) is 5.08. The summed E-state index contributed by atoms with van der Waals surface area (Å²) in [7, 11) is 0. The Bertz CT molecular complexity index is 744. The number of nitrogens with zero attached hydrogens (tertiary/aromatic N) is 3. The zero-order chi connectivity index (χ0) is 16.4. The Balaban J connectivity index is 1.32. The maximum absolute atomic E-state index is 12.0. The topological polar surface area (TPSA) is 47.4 Å². The van der Waals surface area contributed by atoms with Crippen LogP contribution < -0.4 is 10.3 Å². The van der Waals surface area contributed by atoms with Gasteiger partial charge in [0, 0.05) is 50.1 Å². The molecule has 1 fully saturated rings. The van der Waals surface area contributed by atoms with Gasteiger partial charge in [-0.05, 0) is 37.0 Å². The third-order valence-corrected chi connectivity index (χ3v) is 5.08. The Morgan fingerprint density at radius 1 is 1.17 bits per heavy atom. The second kappa shape index (κ2) is 6.77. The van der Waals surface area contributed by atoms with Gasteiger partial charge in [-0.25, -0.2) is 0 Å². The monoisotopic (exact) mass is 325 g/mol. The van der Waals surface area contributed by atoms with Crippen LogP contribution in [0.15, 0.2) is 47.5 Å². The van der Waals surface area contributed by atoms with Crippen molar-refractivity contribution in [3.05, 3.63) is 58.8 Å². The molecule has 0 N–H and O–H groups in total. The predicted molar refractivity (Wildman–Crippen MR) is 92.3 cm³/mol. The first-order valence-electron chi connectivity index (χ1n) is 8.74. The Morgan fingerprint density at radius 2 is 2.12 bits per heavy atom. The normalized spacial score (nSPS) is 22.8. The van der Waals surface area contributed by atoms with Gasteiger partial charge in [-0.3, -0.25) is 9.78 Å². The van der Waals surface area contributed by atoms with Crippen LogP contribution in [0.1, 0.15) is 24.5 Å². The van der Waals surface area contributed by atoms with Crippen molar-refractivity contribution < 1.29 is 4.74 Å². The molecule has 0 aliphatic carbocycles. The van der Waals surface area contributed by atoms with E-state index in [-0.39, 0.29) is 5.56 Å². The molecule has 4 rings (SSSR count). The molecule has 4 heterocycles. The molecule has 2 bridgehead atoms. The first-order valence-corrected chi connectivity index (χ1v) is 8.74. The molecule has 126 valence electrons. The number of ether oxygens (including phenoxy) is 1. The second-order valence-electron chi connectivity index (χ2n) is 6.85. The highest BCUT2D eigenvalue weighted by Gasteiger charge is 2.33. The highest BCUT2D eigenvalue weighted by molar-refractivity contribution is 5.17. The number of hydrogen-bond donors (Lipinski definition) is 0. The maximum Gasteiger partial charge on any atom is 0.250 e. The molecule has 24 heavy (non-hydrogen) atoms. The summed E-state index contributed by atoms with van der Waals surface area (Å²) < 4.78 is 7.72. The van der Waals surface area contributed by atoms with Gasteiger partial charge >= 0.3 is 0 Å². The predicted octanol–water partition coefficient (Wildman–Crippen LogP) is 2.13. The van der Waals surface area contributed by atoms with E-state index in [0.717, 1.165) is 38.3 Å². The van der Waals surface area contributed by atoms with E-state index in [0.29, 0.717) is 18.4 Å². The van der Waals surface area contributed by atoms with Crippen LogP contribution in [0.2, 0.25) is 0 Å². The number of fused-ring (bicyclic) bond motifs is 4. The number of rotatable bonds is 5. The molecule has 0 aromatic carbocycles. The fourth-order valence-electron chi connectivity index (χ4n) is 4.09. The zero-order valence-corrected chi connectivity index (χ0v) is 13.8. The van der Waals surface area contributed by atoms with E-state index in [1.165, 1.54) is 12.1 Å². The van der Waals surface area contributed by atoms with Crippen LogP contribution in [0.5, 0.6) is 5.75 Å². The largest absolute Gasteiger partial charge is 0.492 e. The lowest BCUT2D eigenvalue weighted by Gasteiger charge is -2.42. The minimum atomic E-state index is 0.153. The smallest absolute Gasteiger partial charge is 0.250 e. The molecule has 5 heteroatoms. The molecule has 2 atom stereocenters. The maximum atomic E-state index is 12.0. The summed E-state index contributed by atoms with van der Waals surface area (Å²) in [5, 5.41) is 0. The summed E-state index contributed by atoms with van der Waals surface area (Å²) in [4.78, 5) is 18.6. The van der Waals surface area contributed by atoms with E-state index >= 15 is 0 Å². The lowest BCUT2D eigenvalue weighted by atomic mass is 9.83. The van der Waals surface area contributed by atoms with Gasteiger partial charge in [-0.2, -0.15) is 0 Å². The Morgan fingerprint density at radius 3 is 3.00 bits per heavy atom. The van der Waals surface area contributed by atoms with Crippen molar-refractivity contribution in [2.24, 2.45) is 5.92 Å². The quantitative estimate of drug-likeness (QED) is 0.790. The fraction of sp³-hybridized carbons (Fsp3) is 0.474. The van der Waals surface area contributed by atoms with E-state index in [9.17, 15) is 4.79 Å². The molecule has 0 saturated carbocycles. The van der Waals surface area contributed by atoms with Crippen molar-refractivity contribution in [3.63, 3.8) is 0 Å². The molecule has 0 unspecified atom stereocenters. The molecule has 2 aromatic rings. The molecule has 2 aliphatic rings. The number of pyridine rings is 2. The number of aromatic nitrogens is 2. The molecule has 0 amide bonds. The van der Waals surface area contributed by atoms with Gasteiger partial charge in [0.05, 0.1) is 12.8 Å². The van der Waals surface area contributed by atoms with Gasteiger partial charge in [0.25, 0.3) is 5.56 Å². The van der Waals surface area contributed by atoms with Crippen molar-refractivity contribution in [3.8, 4) is 5.75 Å². The van der Waals surface area contributed by atoms with Crippen LogP contribution in [-0.2, 0) is 6.54 Å². The first-order chi connectivity index (χ1) is 11.8. The summed E-state index contributed by atoms with van der Waals surface area (Å²) >= 11 is 0. The molecular weight excluding hydrogens is 302 g/mol. The van der Waals surface area contributed by atoms with Gasteiger partial charge in [-0.1, -0.05) is 6.07 Å². The molecule has 0 radical (unpaired) electrons. The van der Waals surface area contributed by atoms with E-state index in [2.05, 4.69) is 16.0 Å². The number of hydrogen-bond acceptors (Lipinski definition) is 4. The van der Waals surface area contributed by atoms with E-state index in [1.807, 2.05) is 22.8 Å². The number of likely N-dealkylation sites (tertiary alicyclic amines) is 1. The minimum Gasteiger partial charge on any atom is -0.492 e. The zero-order valence-electron chi connectivity index (χ0n) is 13.8. The summed E-state index contributed by atoms with van der Waals surface area (Å²) in [6.07, 6.45) is 5.73. The molecule has 0 spiro atoms. The molecule has 2 aromatic heterocycles. The van der Waals surface area contributed by atoms with Crippen molar-refractivity contribution in [2.75, 3.05) is 26.2 Å². The Labute approximate surface area is 141 Å². The molecule has 5 nitrogen and oxygen atoms in total. The van der Waals surface area contributed by atoms with E-state index < -0.39 is 0 Å². The number of piperidine rings is 1. The van der Waals surface area contributed by atoms with Gasteiger partial charge < -0.3 is 14.2 Å². The summed E-state index contributed by atoms with van der Waals surface area (Å²) in [5.41, 5.74) is 1.37. The molecule has 2 aliphatic heterocycles. The van der Waals surface area contributed by atoms with Gasteiger partial charge in [0.15, 0.2) is 0 Å². The van der Waals surface area contributed by atoms with E-state index in [1.54, 1.807) is 18.5 Å². The lowest BCUT2D eigenvalue weighted by molar-refractivity contribution is 0.114. The Kier molecular flexibility index (Phi) is 4.34. The van der Waals surface area contributed by atoms with Crippen LogP contribution in [0.4, 0.5) is 0 Å². The minimum absolute atomic E-state index is 0.153. The van der Waals surface area contributed by atoms with E-state index in [4.69, 9.17) is 4.74 Å². The highest BCUT2D eigenvalue weighted by Crippen LogP contribution is 2.34. The van der Waals surface area contributed by atoms with Gasteiger partial charge in [-0.15, -0.1) is 0 Å². The van der Waals surface area contributed by atoms with Crippen LogP contribution in [0.25, 0.3) is 0 Å². The highest BCUT2D eigenvalue weighted by atomic mass is 16.5. The fourth-order valence-corrected chi connectivity index (χ4v) is 4.09. The Hall–Kier alpha value is -2.14. The first kappa shape index (κ1) is 15.4. The van der Waals surface area contributed by atoms with Gasteiger partial charge in [0.2, 0.25) is 0 Å². The SMILES string of the molecule is O=c1cccc2n1C[C@@H]1C[C@H]2CN(CCCOc2cccnc2)C1. The average Bonchev–Trinajstić information content (AvgIpc) is 2.61. The second-order valence-corrected chi connectivity index (χ2v) is 6.85. The van der Waals surface area contributed by atoms with Crippen molar-refractivity contribution in [1.82, 2.24) is 14.5 Å². The molecule has 1 saturated heterocycles. The van der Waals surface area contributed by atoms with Gasteiger partial charge in [0.1, 0.15) is 5.75 Å². The summed E-state index contributed by atoms with van der Waals surface area (Å²) in [6.45, 7) is 4.77.